The first-order chi connectivity index (χ1) is 10.2. The van der Waals surface area contributed by atoms with E-state index in [0.29, 0.717) is 12.5 Å². The summed E-state index contributed by atoms with van der Waals surface area (Å²) in [6.45, 7) is 0.0959. The zero-order valence-corrected chi connectivity index (χ0v) is 12.7. The lowest BCUT2D eigenvalue weighted by atomic mass is 9.94. The Morgan fingerprint density at radius 3 is 2.48 bits per heavy atom. The highest BCUT2D eigenvalue weighted by Crippen LogP contribution is 2.21. The third-order valence-corrected chi connectivity index (χ3v) is 4.16. The van der Waals surface area contributed by atoms with E-state index in [4.69, 9.17) is 0 Å². The molecule has 0 bridgehead atoms. The first-order valence-electron chi connectivity index (χ1n) is 7.73. The van der Waals surface area contributed by atoms with Crippen LogP contribution in [-0.2, 0) is 16.0 Å². The van der Waals surface area contributed by atoms with Gasteiger partial charge in [-0.15, -0.1) is 0 Å². The average molecular weight is 288 g/mol. The Kier molecular flexibility index (Phi) is 5.78. The summed E-state index contributed by atoms with van der Waals surface area (Å²) in [5.41, 5.74) is 0.961. The Balaban J connectivity index is 1.74. The van der Waals surface area contributed by atoms with Crippen LogP contribution in [0.15, 0.2) is 30.3 Å². The molecule has 1 aliphatic rings. The number of rotatable bonds is 5. The molecule has 2 rings (SSSR count). The highest BCUT2D eigenvalue weighted by Gasteiger charge is 2.22. The summed E-state index contributed by atoms with van der Waals surface area (Å²) >= 11 is 0. The molecule has 1 saturated carbocycles. The molecule has 114 valence electrons. The van der Waals surface area contributed by atoms with Gasteiger partial charge in [-0.2, -0.15) is 0 Å². The van der Waals surface area contributed by atoms with Gasteiger partial charge in [0.2, 0.25) is 11.8 Å². The molecular weight excluding hydrogens is 264 g/mol. The summed E-state index contributed by atoms with van der Waals surface area (Å²) in [5, 5.41) is 2.72. The fraction of sp³-hybridized carbons (Fsp3) is 0.529. The first-order valence-corrected chi connectivity index (χ1v) is 7.73. The zero-order chi connectivity index (χ0) is 15.1. The quantitative estimate of drug-likeness (QED) is 0.902. The number of amides is 2. The maximum Gasteiger partial charge on any atom is 0.241 e. The van der Waals surface area contributed by atoms with Crippen molar-refractivity contribution in [2.75, 3.05) is 13.6 Å². The second-order valence-corrected chi connectivity index (χ2v) is 5.74. The van der Waals surface area contributed by atoms with Crippen LogP contribution in [-0.4, -0.2) is 36.3 Å². The van der Waals surface area contributed by atoms with Crippen LogP contribution in [0.3, 0.4) is 0 Å². The number of carbonyl (C=O) groups excluding carboxylic acids is 2. The average Bonchev–Trinajstić information content (AvgIpc) is 2.53. The Morgan fingerprint density at radius 1 is 1.14 bits per heavy atom. The topological polar surface area (TPSA) is 49.4 Å². The lowest BCUT2D eigenvalue weighted by molar-refractivity contribution is -0.133. The van der Waals surface area contributed by atoms with E-state index < -0.39 is 0 Å². The summed E-state index contributed by atoms with van der Waals surface area (Å²) in [6.07, 6.45) is 6.15. The molecule has 1 fully saturated rings. The highest BCUT2D eigenvalue weighted by molar-refractivity contribution is 5.85. The molecule has 21 heavy (non-hydrogen) atoms. The van der Waals surface area contributed by atoms with E-state index in [1.807, 2.05) is 42.3 Å². The van der Waals surface area contributed by atoms with E-state index in [0.717, 1.165) is 18.4 Å². The van der Waals surface area contributed by atoms with Gasteiger partial charge >= 0.3 is 0 Å². The summed E-state index contributed by atoms with van der Waals surface area (Å²) in [7, 11) is 1.85. The van der Waals surface area contributed by atoms with Crippen molar-refractivity contribution in [2.45, 2.75) is 44.6 Å². The predicted octanol–water partition coefficient (Wildman–Crippen LogP) is 2.14. The lowest BCUT2D eigenvalue weighted by Crippen LogP contribution is -2.44. The maximum absolute atomic E-state index is 12.1. The van der Waals surface area contributed by atoms with Gasteiger partial charge in [0, 0.05) is 13.1 Å². The molecule has 0 spiro atoms. The van der Waals surface area contributed by atoms with Crippen molar-refractivity contribution in [1.82, 2.24) is 10.2 Å². The van der Waals surface area contributed by atoms with Gasteiger partial charge in [-0.25, -0.2) is 0 Å². The number of carbonyl (C=O) groups is 2. The van der Waals surface area contributed by atoms with Crippen molar-refractivity contribution in [1.29, 1.82) is 0 Å². The smallest absolute Gasteiger partial charge is 0.241 e. The number of benzene rings is 1. The van der Waals surface area contributed by atoms with Gasteiger partial charge in [-0.1, -0.05) is 49.6 Å². The van der Waals surface area contributed by atoms with E-state index >= 15 is 0 Å². The molecule has 0 saturated heterocycles. The van der Waals surface area contributed by atoms with Gasteiger partial charge in [0.05, 0.1) is 13.0 Å². The van der Waals surface area contributed by atoms with E-state index in [2.05, 4.69) is 5.32 Å². The molecule has 0 aliphatic heterocycles. The Morgan fingerprint density at radius 2 is 1.81 bits per heavy atom. The number of nitrogens with one attached hydrogen (secondary N) is 1. The third kappa shape index (κ3) is 4.88. The summed E-state index contributed by atoms with van der Waals surface area (Å²) in [4.78, 5) is 25.8. The molecule has 1 aliphatic carbocycles. The van der Waals surface area contributed by atoms with Crippen molar-refractivity contribution in [3.05, 3.63) is 35.9 Å². The third-order valence-electron chi connectivity index (χ3n) is 4.16. The largest absolute Gasteiger partial charge is 0.347 e. The van der Waals surface area contributed by atoms with Gasteiger partial charge in [-0.3, -0.25) is 9.59 Å². The number of nitrogens with zero attached hydrogens (tertiary/aromatic N) is 1. The van der Waals surface area contributed by atoms with E-state index in [-0.39, 0.29) is 18.4 Å². The molecule has 1 aromatic rings. The summed E-state index contributed by atoms with van der Waals surface area (Å²) < 4.78 is 0. The molecule has 4 nitrogen and oxygen atoms in total. The zero-order valence-electron chi connectivity index (χ0n) is 12.7. The SMILES string of the molecule is CN(C(=O)CNC(=O)Cc1ccccc1)C1CCCCC1. The molecule has 1 aromatic carbocycles. The second-order valence-electron chi connectivity index (χ2n) is 5.74. The molecular formula is C17H24N2O2. The van der Waals surface area contributed by atoms with Gasteiger partial charge in [0.15, 0.2) is 0 Å². The molecule has 0 aromatic heterocycles. The molecule has 1 N–H and O–H groups in total. The molecule has 0 unspecified atom stereocenters. The number of hydrogen-bond acceptors (Lipinski definition) is 2. The van der Waals surface area contributed by atoms with Crippen LogP contribution in [0.4, 0.5) is 0 Å². The standard InChI is InChI=1S/C17H24N2O2/c1-19(15-10-6-3-7-11-15)17(21)13-18-16(20)12-14-8-4-2-5-9-14/h2,4-5,8-9,15H,3,6-7,10-13H2,1H3,(H,18,20). The predicted molar refractivity (Wildman–Crippen MR) is 82.8 cm³/mol. The van der Waals surface area contributed by atoms with Crippen molar-refractivity contribution in [3.63, 3.8) is 0 Å². The summed E-state index contributed by atoms with van der Waals surface area (Å²) in [5.74, 6) is -0.102. The first kappa shape index (κ1) is 15.5. The maximum atomic E-state index is 12.1. The molecule has 0 atom stereocenters. The monoisotopic (exact) mass is 288 g/mol. The minimum Gasteiger partial charge on any atom is -0.347 e. The van der Waals surface area contributed by atoms with Gasteiger partial charge in [-0.05, 0) is 18.4 Å². The number of hydrogen-bond donors (Lipinski definition) is 1. The Labute approximate surface area is 126 Å². The van der Waals surface area contributed by atoms with Crippen LogP contribution in [0.1, 0.15) is 37.7 Å². The summed E-state index contributed by atoms with van der Waals surface area (Å²) in [6, 6.07) is 9.90. The van der Waals surface area contributed by atoms with E-state index in [9.17, 15) is 9.59 Å². The van der Waals surface area contributed by atoms with Crippen molar-refractivity contribution >= 4 is 11.8 Å². The molecule has 0 radical (unpaired) electrons. The van der Waals surface area contributed by atoms with Gasteiger partial charge < -0.3 is 10.2 Å². The molecule has 0 heterocycles. The normalized spacial score (nSPS) is 15.5. The van der Waals surface area contributed by atoms with E-state index in [1.165, 1.54) is 19.3 Å². The van der Waals surface area contributed by atoms with Gasteiger partial charge in [0.1, 0.15) is 0 Å². The Bertz CT molecular complexity index is 467. The fourth-order valence-electron chi connectivity index (χ4n) is 2.81. The van der Waals surface area contributed by atoms with Crippen molar-refractivity contribution in [3.8, 4) is 0 Å². The minimum absolute atomic E-state index is 0.00307. The fourth-order valence-corrected chi connectivity index (χ4v) is 2.81. The lowest BCUT2D eigenvalue weighted by Gasteiger charge is -2.31. The van der Waals surface area contributed by atoms with E-state index in [1.54, 1.807) is 0 Å². The van der Waals surface area contributed by atoms with Crippen molar-refractivity contribution in [2.24, 2.45) is 0 Å². The van der Waals surface area contributed by atoms with Crippen LogP contribution < -0.4 is 5.32 Å². The van der Waals surface area contributed by atoms with Crippen LogP contribution >= 0.6 is 0 Å². The van der Waals surface area contributed by atoms with Crippen LogP contribution in [0.2, 0.25) is 0 Å². The number of likely N-dealkylation sites (N-methyl/N-ethyl adjacent to an activating group) is 1. The van der Waals surface area contributed by atoms with Crippen LogP contribution in [0, 0.1) is 0 Å². The van der Waals surface area contributed by atoms with Crippen LogP contribution in [0.25, 0.3) is 0 Å². The van der Waals surface area contributed by atoms with Crippen molar-refractivity contribution < 1.29 is 9.59 Å². The minimum atomic E-state index is -0.105. The van der Waals surface area contributed by atoms with Gasteiger partial charge in [0.25, 0.3) is 0 Å². The highest BCUT2D eigenvalue weighted by atomic mass is 16.2. The second kappa shape index (κ2) is 7.81. The van der Waals surface area contributed by atoms with Crippen LogP contribution in [0.5, 0.6) is 0 Å². The Hall–Kier alpha value is -1.84. The molecule has 2 amide bonds. The molecule has 4 heteroatoms.